The van der Waals surface area contributed by atoms with E-state index in [9.17, 15) is 4.79 Å². The summed E-state index contributed by atoms with van der Waals surface area (Å²) < 4.78 is 5.32. The highest BCUT2D eigenvalue weighted by molar-refractivity contribution is 6.08. The van der Waals surface area contributed by atoms with E-state index in [1.807, 2.05) is 12.1 Å². The van der Waals surface area contributed by atoms with E-state index in [-0.39, 0.29) is 11.3 Å². The maximum absolute atomic E-state index is 12.5. The lowest BCUT2D eigenvalue weighted by Gasteiger charge is -2.35. The molecular weight excluding hydrogens is 288 g/mol. The summed E-state index contributed by atoms with van der Waals surface area (Å²) in [4.78, 5) is 16.5. The molecule has 0 saturated carbocycles. The summed E-state index contributed by atoms with van der Waals surface area (Å²) in [7, 11) is 1.64. The van der Waals surface area contributed by atoms with Crippen LogP contribution in [0.25, 0.3) is 5.70 Å². The number of aromatic nitrogens is 1. The minimum absolute atomic E-state index is 0.0629. The molecule has 0 aliphatic carbocycles. The molecule has 1 aromatic carbocycles. The van der Waals surface area contributed by atoms with Crippen molar-refractivity contribution in [1.29, 1.82) is 0 Å². The van der Waals surface area contributed by atoms with E-state index in [0.717, 1.165) is 23.4 Å². The summed E-state index contributed by atoms with van der Waals surface area (Å²) in [6.07, 6.45) is 5.78. The van der Waals surface area contributed by atoms with Gasteiger partial charge < -0.3 is 10.1 Å². The average Bonchev–Trinajstić information content (AvgIpc) is 2.54. The Morgan fingerprint density at radius 1 is 1.35 bits per heavy atom. The van der Waals surface area contributed by atoms with Crippen molar-refractivity contribution in [3.8, 4) is 5.75 Å². The standard InChI is InChI=1S/C19H20N2O2/c1-19(2)11-13-6-7-15(23-3)9-16(13)17(21-19)10-18(22)14-5-4-8-20-12-14/h4-10,12,21H,11H2,1-3H3/b17-10-. The molecular formula is C19H20N2O2. The van der Waals surface area contributed by atoms with Crippen molar-refractivity contribution in [3.63, 3.8) is 0 Å². The van der Waals surface area contributed by atoms with E-state index in [1.165, 1.54) is 5.56 Å². The molecule has 2 aromatic rings. The van der Waals surface area contributed by atoms with Gasteiger partial charge in [-0.1, -0.05) is 6.07 Å². The van der Waals surface area contributed by atoms with E-state index in [0.29, 0.717) is 5.56 Å². The van der Waals surface area contributed by atoms with Crippen LogP contribution in [0.4, 0.5) is 0 Å². The number of rotatable bonds is 3. The van der Waals surface area contributed by atoms with Crippen molar-refractivity contribution in [1.82, 2.24) is 10.3 Å². The van der Waals surface area contributed by atoms with Crippen LogP contribution in [0.5, 0.6) is 5.75 Å². The zero-order chi connectivity index (χ0) is 16.4. The lowest BCUT2D eigenvalue weighted by Crippen LogP contribution is -2.43. The van der Waals surface area contributed by atoms with Crippen molar-refractivity contribution >= 4 is 11.5 Å². The molecule has 118 valence electrons. The molecule has 4 heteroatoms. The first kappa shape index (κ1) is 15.3. The average molecular weight is 308 g/mol. The highest BCUT2D eigenvalue weighted by Crippen LogP contribution is 2.32. The monoisotopic (exact) mass is 308 g/mol. The molecule has 0 bridgehead atoms. The van der Waals surface area contributed by atoms with Crippen LogP contribution in [0.15, 0.2) is 48.8 Å². The third-order valence-electron chi connectivity index (χ3n) is 3.93. The fraction of sp³-hybridized carbons (Fsp3) is 0.263. The van der Waals surface area contributed by atoms with Gasteiger partial charge in [0.1, 0.15) is 5.75 Å². The topological polar surface area (TPSA) is 51.2 Å². The van der Waals surface area contributed by atoms with Crippen molar-refractivity contribution in [3.05, 3.63) is 65.5 Å². The molecule has 0 radical (unpaired) electrons. The molecule has 0 saturated heterocycles. The lowest BCUT2D eigenvalue weighted by molar-refractivity contribution is 0.104. The zero-order valence-corrected chi connectivity index (χ0v) is 13.6. The highest BCUT2D eigenvalue weighted by atomic mass is 16.5. The van der Waals surface area contributed by atoms with Gasteiger partial charge >= 0.3 is 0 Å². The number of nitrogens with one attached hydrogen (secondary N) is 1. The number of carbonyl (C=O) groups excluding carboxylic acids is 1. The smallest absolute Gasteiger partial charge is 0.189 e. The summed E-state index contributed by atoms with van der Waals surface area (Å²) >= 11 is 0. The Labute approximate surface area is 136 Å². The van der Waals surface area contributed by atoms with Crippen LogP contribution in [0.1, 0.15) is 35.3 Å². The highest BCUT2D eigenvalue weighted by Gasteiger charge is 2.28. The number of pyridine rings is 1. The molecule has 3 rings (SSSR count). The van der Waals surface area contributed by atoms with Gasteiger partial charge in [0.05, 0.1) is 7.11 Å². The minimum atomic E-state index is -0.108. The molecule has 23 heavy (non-hydrogen) atoms. The largest absolute Gasteiger partial charge is 0.497 e. The quantitative estimate of drug-likeness (QED) is 0.698. The molecule has 2 heterocycles. The van der Waals surface area contributed by atoms with Gasteiger partial charge in [0.25, 0.3) is 0 Å². The lowest BCUT2D eigenvalue weighted by atomic mass is 9.85. The third-order valence-corrected chi connectivity index (χ3v) is 3.93. The van der Waals surface area contributed by atoms with E-state index >= 15 is 0 Å². The fourth-order valence-corrected chi connectivity index (χ4v) is 2.88. The first-order valence-electron chi connectivity index (χ1n) is 7.60. The summed E-state index contributed by atoms with van der Waals surface area (Å²) in [5.41, 5.74) is 3.52. The SMILES string of the molecule is COc1ccc2c(c1)/C(=C/C(=O)c1cccnc1)NC(C)(C)C2. The molecule has 4 nitrogen and oxygen atoms in total. The van der Waals surface area contributed by atoms with Gasteiger partial charge in [0.15, 0.2) is 5.78 Å². The number of fused-ring (bicyclic) bond motifs is 1. The Kier molecular flexibility index (Phi) is 3.90. The number of hydrogen-bond donors (Lipinski definition) is 1. The number of carbonyl (C=O) groups is 1. The summed E-state index contributed by atoms with van der Waals surface area (Å²) in [6.45, 7) is 4.26. The number of ether oxygens (including phenoxy) is 1. The van der Waals surface area contributed by atoms with Crippen LogP contribution < -0.4 is 10.1 Å². The normalized spacial score (nSPS) is 17.3. The molecule has 0 spiro atoms. The second-order valence-corrected chi connectivity index (χ2v) is 6.37. The second kappa shape index (κ2) is 5.88. The van der Waals surface area contributed by atoms with Gasteiger partial charge in [-0.2, -0.15) is 0 Å². The van der Waals surface area contributed by atoms with Gasteiger partial charge in [-0.25, -0.2) is 0 Å². The van der Waals surface area contributed by atoms with Gasteiger partial charge in [0.2, 0.25) is 0 Å². The Hall–Kier alpha value is -2.62. The van der Waals surface area contributed by atoms with Crippen molar-refractivity contribution < 1.29 is 9.53 Å². The van der Waals surface area contributed by atoms with Crippen LogP contribution >= 0.6 is 0 Å². The van der Waals surface area contributed by atoms with E-state index in [1.54, 1.807) is 37.7 Å². The molecule has 1 aliphatic heterocycles. The van der Waals surface area contributed by atoms with Crippen LogP contribution in [-0.4, -0.2) is 23.4 Å². The Balaban J connectivity index is 2.05. The Bertz CT molecular complexity index is 764. The molecule has 0 atom stereocenters. The number of ketones is 1. The van der Waals surface area contributed by atoms with E-state index < -0.39 is 0 Å². The van der Waals surface area contributed by atoms with E-state index in [4.69, 9.17) is 4.74 Å². The van der Waals surface area contributed by atoms with E-state index in [2.05, 4.69) is 30.2 Å². The first-order valence-corrected chi connectivity index (χ1v) is 7.60. The molecule has 1 N–H and O–H groups in total. The van der Waals surface area contributed by atoms with Gasteiger partial charge in [-0.15, -0.1) is 0 Å². The van der Waals surface area contributed by atoms with Crippen molar-refractivity contribution in [2.45, 2.75) is 25.8 Å². The molecule has 0 fully saturated rings. The van der Waals surface area contributed by atoms with Gasteiger partial charge in [-0.3, -0.25) is 9.78 Å². The third kappa shape index (κ3) is 3.26. The first-order chi connectivity index (χ1) is 11.0. The van der Waals surface area contributed by atoms with Crippen LogP contribution in [0, 0.1) is 0 Å². The van der Waals surface area contributed by atoms with Gasteiger partial charge in [0, 0.05) is 40.8 Å². The number of methoxy groups -OCH3 is 1. The predicted octanol–water partition coefficient (Wildman–Crippen LogP) is 3.24. The zero-order valence-electron chi connectivity index (χ0n) is 13.6. The second-order valence-electron chi connectivity index (χ2n) is 6.37. The summed E-state index contributed by atoms with van der Waals surface area (Å²) in [6, 6.07) is 9.54. The summed E-state index contributed by atoms with van der Waals surface area (Å²) in [5, 5.41) is 3.47. The number of hydrogen-bond acceptors (Lipinski definition) is 4. The molecule has 0 unspecified atom stereocenters. The maximum atomic E-state index is 12.5. The number of nitrogens with zero attached hydrogens (tertiary/aromatic N) is 1. The molecule has 1 aliphatic rings. The Morgan fingerprint density at radius 2 is 2.17 bits per heavy atom. The van der Waals surface area contributed by atoms with Crippen LogP contribution in [0.3, 0.4) is 0 Å². The molecule has 0 amide bonds. The maximum Gasteiger partial charge on any atom is 0.189 e. The van der Waals surface area contributed by atoms with Crippen molar-refractivity contribution in [2.24, 2.45) is 0 Å². The van der Waals surface area contributed by atoms with Crippen LogP contribution in [0.2, 0.25) is 0 Å². The Morgan fingerprint density at radius 3 is 2.87 bits per heavy atom. The summed E-state index contributed by atoms with van der Waals surface area (Å²) in [5.74, 6) is 0.719. The fourth-order valence-electron chi connectivity index (χ4n) is 2.88. The van der Waals surface area contributed by atoms with Crippen molar-refractivity contribution in [2.75, 3.05) is 7.11 Å². The number of allylic oxidation sites excluding steroid dienone is 1. The predicted molar refractivity (Wildman–Crippen MR) is 90.5 cm³/mol. The van der Waals surface area contributed by atoms with Gasteiger partial charge in [-0.05, 0) is 50.1 Å². The number of benzene rings is 1. The molecule has 1 aromatic heterocycles. The van der Waals surface area contributed by atoms with Crippen LogP contribution in [-0.2, 0) is 6.42 Å². The minimum Gasteiger partial charge on any atom is -0.497 e.